The van der Waals surface area contributed by atoms with E-state index < -0.39 is 5.97 Å². The molecule has 0 radical (unpaired) electrons. The van der Waals surface area contributed by atoms with Crippen LogP contribution in [0.3, 0.4) is 0 Å². The molecule has 6 nitrogen and oxygen atoms in total. The van der Waals surface area contributed by atoms with Crippen molar-refractivity contribution in [2.24, 2.45) is 0 Å². The van der Waals surface area contributed by atoms with Crippen LogP contribution >= 0.6 is 0 Å². The van der Waals surface area contributed by atoms with Crippen LogP contribution in [0.15, 0.2) is 83.4 Å². The molecule has 4 rings (SSSR count). The Balaban J connectivity index is 1.52. The van der Waals surface area contributed by atoms with E-state index >= 15 is 0 Å². The van der Waals surface area contributed by atoms with Crippen LogP contribution in [0, 0.1) is 0 Å². The molecule has 0 aliphatic rings. The molecule has 1 aromatic heterocycles. The summed E-state index contributed by atoms with van der Waals surface area (Å²) in [6.45, 7) is 0. The molecule has 1 heterocycles. The lowest BCUT2D eigenvalue weighted by atomic mass is 10.1. The lowest BCUT2D eigenvalue weighted by Gasteiger charge is -2.05. The first-order chi connectivity index (χ1) is 13.2. The van der Waals surface area contributed by atoms with E-state index in [1.165, 1.54) is 12.1 Å². The van der Waals surface area contributed by atoms with E-state index in [4.69, 9.17) is 14.4 Å². The van der Waals surface area contributed by atoms with Crippen LogP contribution in [0.1, 0.15) is 10.4 Å². The van der Waals surface area contributed by atoms with Gasteiger partial charge in [-0.15, -0.1) is 0 Å². The van der Waals surface area contributed by atoms with Crippen molar-refractivity contribution >= 4 is 5.97 Å². The maximum Gasteiger partial charge on any atom is 0.335 e. The fraction of sp³-hybridized carbons (Fsp3) is 0. The Kier molecular flexibility index (Phi) is 4.37. The summed E-state index contributed by atoms with van der Waals surface area (Å²) in [6, 6.07) is 23.1. The fourth-order valence-corrected chi connectivity index (χ4v) is 2.51. The number of carboxylic acid groups (broad SMARTS) is 1. The minimum atomic E-state index is -0.981. The SMILES string of the molecule is O=C(O)c1ccc(-c2nc(-c3ccc(Oc4ccccc4)cc3)no2)cc1. The lowest BCUT2D eigenvalue weighted by molar-refractivity contribution is 0.0697. The highest BCUT2D eigenvalue weighted by molar-refractivity contribution is 5.88. The molecule has 0 spiro atoms. The van der Waals surface area contributed by atoms with E-state index in [1.54, 1.807) is 12.1 Å². The Morgan fingerprint density at radius 1 is 0.815 bits per heavy atom. The third-order valence-electron chi connectivity index (χ3n) is 3.90. The van der Waals surface area contributed by atoms with Crippen molar-refractivity contribution in [2.75, 3.05) is 0 Å². The number of nitrogens with zero attached hydrogens (tertiary/aromatic N) is 2. The lowest BCUT2D eigenvalue weighted by Crippen LogP contribution is -1.94. The summed E-state index contributed by atoms with van der Waals surface area (Å²) < 4.78 is 11.1. The molecule has 0 aliphatic carbocycles. The molecular weight excluding hydrogens is 344 g/mol. The number of aromatic nitrogens is 2. The van der Waals surface area contributed by atoms with Crippen molar-refractivity contribution in [2.45, 2.75) is 0 Å². The number of rotatable bonds is 5. The monoisotopic (exact) mass is 358 g/mol. The average molecular weight is 358 g/mol. The number of hydrogen-bond acceptors (Lipinski definition) is 5. The zero-order valence-electron chi connectivity index (χ0n) is 14.1. The first kappa shape index (κ1) is 16.5. The second-order valence-electron chi connectivity index (χ2n) is 5.75. The van der Waals surface area contributed by atoms with Gasteiger partial charge in [0.2, 0.25) is 5.82 Å². The summed E-state index contributed by atoms with van der Waals surface area (Å²) in [5.74, 6) is 1.26. The molecule has 0 atom stereocenters. The highest BCUT2D eigenvalue weighted by Crippen LogP contribution is 2.26. The van der Waals surface area contributed by atoms with E-state index in [0.717, 1.165) is 11.3 Å². The van der Waals surface area contributed by atoms with Crippen LogP contribution in [-0.4, -0.2) is 21.2 Å². The van der Waals surface area contributed by atoms with Gasteiger partial charge in [-0.05, 0) is 60.7 Å². The zero-order valence-corrected chi connectivity index (χ0v) is 14.1. The number of hydrogen-bond donors (Lipinski definition) is 1. The first-order valence-corrected chi connectivity index (χ1v) is 8.20. The number of benzene rings is 3. The average Bonchev–Trinajstić information content (AvgIpc) is 3.20. The van der Waals surface area contributed by atoms with Gasteiger partial charge < -0.3 is 14.4 Å². The van der Waals surface area contributed by atoms with Gasteiger partial charge in [-0.2, -0.15) is 4.98 Å². The third kappa shape index (κ3) is 3.69. The van der Waals surface area contributed by atoms with Crippen LogP contribution in [0.2, 0.25) is 0 Å². The normalized spacial score (nSPS) is 10.5. The van der Waals surface area contributed by atoms with Gasteiger partial charge in [-0.25, -0.2) is 4.79 Å². The van der Waals surface area contributed by atoms with Crippen LogP contribution in [0.5, 0.6) is 11.5 Å². The fourth-order valence-electron chi connectivity index (χ4n) is 2.51. The van der Waals surface area contributed by atoms with Crippen molar-refractivity contribution in [3.63, 3.8) is 0 Å². The number of para-hydroxylation sites is 1. The Bertz CT molecular complexity index is 1060. The van der Waals surface area contributed by atoms with Gasteiger partial charge in [0.15, 0.2) is 0 Å². The standard InChI is InChI=1S/C21H14N2O4/c24-21(25)16-8-6-15(7-9-16)20-22-19(23-27-20)14-10-12-18(13-11-14)26-17-4-2-1-3-5-17/h1-13H,(H,24,25). The van der Waals surface area contributed by atoms with Crippen LogP contribution in [0.4, 0.5) is 0 Å². The van der Waals surface area contributed by atoms with Crippen molar-refractivity contribution < 1.29 is 19.2 Å². The number of ether oxygens (including phenoxy) is 1. The number of aromatic carboxylic acids is 1. The number of carbonyl (C=O) groups is 1. The van der Waals surface area contributed by atoms with Crippen molar-refractivity contribution in [1.82, 2.24) is 10.1 Å². The largest absolute Gasteiger partial charge is 0.478 e. The highest BCUT2D eigenvalue weighted by atomic mass is 16.5. The van der Waals surface area contributed by atoms with Gasteiger partial charge in [-0.3, -0.25) is 0 Å². The summed E-state index contributed by atoms with van der Waals surface area (Å²) in [6.07, 6.45) is 0. The van der Waals surface area contributed by atoms with Crippen LogP contribution in [-0.2, 0) is 0 Å². The maximum atomic E-state index is 10.9. The molecule has 0 saturated carbocycles. The molecule has 3 aromatic carbocycles. The molecule has 27 heavy (non-hydrogen) atoms. The molecule has 0 saturated heterocycles. The minimum absolute atomic E-state index is 0.201. The van der Waals surface area contributed by atoms with Gasteiger partial charge in [-0.1, -0.05) is 23.4 Å². The highest BCUT2D eigenvalue weighted by Gasteiger charge is 2.12. The quantitative estimate of drug-likeness (QED) is 0.546. The molecule has 132 valence electrons. The summed E-state index contributed by atoms with van der Waals surface area (Å²) >= 11 is 0. The molecule has 6 heteroatoms. The maximum absolute atomic E-state index is 10.9. The molecule has 0 unspecified atom stereocenters. The van der Waals surface area contributed by atoms with Gasteiger partial charge in [0.25, 0.3) is 5.89 Å². The van der Waals surface area contributed by atoms with Crippen molar-refractivity contribution in [3.05, 3.63) is 84.4 Å². The molecule has 0 aliphatic heterocycles. The molecular formula is C21H14N2O4. The van der Waals surface area contributed by atoms with E-state index in [0.29, 0.717) is 23.0 Å². The summed E-state index contributed by atoms with van der Waals surface area (Å²) in [4.78, 5) is 15.3. The van der Waals surface area contributed by atoms with E-state index in [1.807, 2.05) is 54.6 Å². The molecule has 1 N–H and O–H groups in total. The van der Waals surface area contributed by atoms with E-state index in [-0.39, 0.29) is 5.56 Å². The third-order valence-corrected chi connectivity index (χ3v) is 3.90. The van der Waals surface area contributed by atoms with Crippen LogP contribution < -0.4 is 4.74 Å². The zero-order chi connectivity index (χ0) is 18.6. The van der Waals surface area contributed by atoms with E-state index in [9.17, 15) is 4.79 Å². The summed E-state index contributed by atoms with van der Waals surface area (Å²) in [5.41, 5.74) is 1.64. The smallest absolute Gasteiger partial charge is 0.335 e. The predicted octanol–water partition coefficient (Wildman–Crippen LogP) is 4.89. The van der Waals surface area contributed by atoms with Crippen LogP contribution in [0.25, 0.3) is 22.8 Å². The molecule has 0 bridgehead atoms. The van der Waals surface area contributed by atoms with Gasteiger partial charge in [0.1, 0.15) is 11.5 Å². The second-order valence-corrected chi connectivity index (χ2v) is 5.75. The Labute approximate surface area is 154 Å². The predicted molar refractivity (Wildman–Crippen MR) is 98.6 cm³/mol. The van der Waals surface area contributed by atoms with Gasteiger partial charge in [0.05, 0.1) is 5.56 Å². The first-order valence-electron chi connectivity index (χ1n) is 8.20. The topological polar surface area (TPSA) is 85.5 Å². The molecule has 0 fully saturated rings. The van der Waals surface area contributed by atoms with Gasteiger partial charge in [0, 0.05) is 11.1 Å². The summed E-state index contributed by atoms with van der Waals surface area (Å²) in [5, 5.41) is 12.9. The molecule has 0 amide bonds. The Morgan fingerprint density at radius 2 is 1.44 bits per heavy atom. The van der Waals surface area contributed by atoms with Crippen molar-refractivity contribution in [1.29, 1.82) is 0 Å². The molecule has 4 aromatic rings. The Hall–Kier alpha value is -3.93. The Morgan fingerprint density at radius 3 is 2.11 bits per heavy atom. The number of carboxylic acids is 1. The second kappa shape index (κ2) is 7.13. The van der Waals surface area contributed by atoms with Gasteiger partial charge >= 0.3 is 5.97 Å². The van der Waals surface area contributed by atoms with E-state index in [2.05, 4.69) is 10.1 Å². The minimum Gasteiger partial charge on any atom is -0.478 e. The summed E-state index contributed by atoms with van der Waals surface area (Å²) in [7, 11) is 0. The van der Waals surface area contributed by atoms with Crippen molar-refractivity contribution in [3.8, 4) is 34.3 Å².